The quantitative estimate of drug-likeness (QED) is 0.305. The molecule has 1 amide bonds. The summed E-state index contributed by atoms with van der Waals surface area (Å²) in [5.74, 6) is -2.30. The second kappa shape index (κ2) is 12.0. The summed E-state index contributed by atoms with van der Waals surface area (Å²) in [5.41, 5.74) is 3.46. The normalized spacial score (nSPS) is 23.6. The molecular weight excluding hydrogens is 572 g/mol. The number of hydrogen-bond donors (Lipinski definition) is 2. The number of nitrogens with one attached hydrogen (secondary N) is 2. The van der Waals surface area contributed by atoms with Gasteiger partial charge in [-0.1, -0.05) is 0 Å². The van der Waals surface area contributed by atoms with E-state index in [-0.39, 0.29) is 49.1 Å². The number of alkyl halides is 2. The van der Waals surface area contributed by atoms with Crippen LogP contribution in [0.3, 0.4) is 0 Å². The zero-order valence-corrected chi connectivity index (χ0v) is 26.1. The molecule has 0 aromatic carbocycles. The molecule has 0 spiro atoms. The molecule has 8 nitrogen and oxygen atoms in total. The highest BCUT2D eigenvalue weighted by molar-refractivity contribution is 7.98. The van der Waals surface area contributed by atoms with E-state index in [4.69, 9.17) is 9.72 Å². The Morgan fingerprint density at radius 3 is 2.60 bits per heavy atom. The van der Waals surface area contributed by atoms with E-state index in [1.54, 1.807) is 6.20 Å². The number of fused-ring (bicyclic) bond motifs is 1. The largest absolute Gasteiger partial charge is 0.372 e. The number of likely N-dealkylation sites (tertiary alicyclic amines) is 1. The van der Waals surface area contributed by atoms with Crippen LogP contribution in [-0.2, 0) is 11.3 Å². The lowest BCUT2D eigenvalue weighted by atomic mass is 9.80. The van der Waals surface area contributed by atoms with Crippen LogP contribution in [0.1, 0.15) is 78.8 Å². The number of carbonyl (C=O) groups excluding carboxylic acids is 1. The highest BCUT2D eigenvalue weighted by Crippen LogP contribution is 2.42. The third-order valence-corrected chi connectivity index (χ3v) is 10.6. The third-order valence-electron chi connectivity index (χ3n) is 9.77. The second-order valence-corrected chi connectivity index (χ2v) is 13.5. The minimum Gasteiger partial charge on any atom is -0.372 e. The lowest BCUT2D eigenvalue weighted by molar-refractivity contribution is -0.205. The molecule has 1 saturated heterocycles. The fourth-order valence-corrected chi connectivity index (χ4v) is 8.03. The van der Waals surface area contributed by atoms with Crippen LogP contribution in [-0.4, -0.2) is 68.9 Å². The molecule has 0 radical (unpaired) electrons. The van der Waals surface area contributed by atoms with Gasteiger partial charge in [0, 0.05) is 78.0 Å². The van der Waals surface area contributed by atoms with Crippen molar-refractivity contribution in [3.63, 3.8) is 0 Å². The summed E-state index contributed by atoms with van der Waals surface area (Å²) < 4.78 is 34.3. The van der Waals surface area contributed by atoms with Crippen molar-refractivity contribution >= 4 is 28.7 Å². The summed E-state index contributed by atoms with van der Waals surface area (Å²) in [4.78, 5) is 37.1. The number of halogens is 2. The summed E-state index contributed by atoms with van der Waals surface area (Å²) in [6.45, 7) is 7.89. The Bertz CT molecular complexity index is 1550. The number of aromatic amines is 1. The van der Waals surface area contributed by atoms with Crippen LogP contribution in [0.25, 0.3) is 11.0 Å². The van der Waals surface area contributed by atoms with Crippen LogP contribution in [0.4, 0.5) is 8.78 Å². The van der Waals surface area contributed by atoms with Crippen LogP contribution in [0.15, 0.2) is 34.1 Å². The number of aryl methyl sites for hydroxylation is 1. The van der Waals surface area contributed by atoms with E-state index >= 15 is 0 Å². The molecule has 2 N–H and O–H groups in total. The number of ether oxygens (including phenoxy) is 1. The van der Waals surface area contributed by atoms with Gasteiger partial charge in [-0.15, -0.1) is 11.8 Å². The van der Waals surface area contributed by atoms with Gasteiger partial charge in [0.25, 0.3) is 17.4 Å². The molecule has 2 aliphatic carbocycles. The van der Waals surface area contributed by atoms with Gasteiger partial charge in [0.1, 0.15) is 5.65 Å². The Kier molecular flexibility index (Phi) is 8.43. The Balaban J connectivity index is 1.10. The first-order chi connectivity index (χ1) is 20.5. The average molecular weight is 614 g/mol. The van der Waals surface area contributed by atoms with Gasteiger partial charge in [0.15, 0.2) is 0 Å². The lowest BCUT2D eigenvalue weighted by Crippen LogP contribution is -2.59. The molecule has 1 atom stereocenters. The van der Waals surface area contributed by atoms with Crippen LogP contribution in [0.5, 0.6) is 0 Å². The molecule has 3 fully saturated rings. The number of H-pyrrole nitrogens is 1. The maximum absolute atomic E-state index is 13.6. The minimum atomic E-state index is -2.54. The van der Waals surface area contributed by atoms with Gasteiger partial charge < -0.3 is 19.6 Å². The first-order valence-electron chi connectivity index (χ1n) is 15.3. The standard InChI is InChI=1S/C32H41F2N5O3S/c1-18-12-27(43-4)26(30(40)37-18)15-36-31(41)28-20(3)39(29-25(28)6-5-11-35-29)19(2)21-7-9-22(10-8-21)38-16-24(17-38)42-23-13-32(33,34)14-23/h5-6,11-12,19,21-24H,7-10,13-17H2,1-4H3,(H,36,41)(H,37,40). The van der Waals surface area contributed by atoms with E-state index < -0.39 is 5.92 Å². The Morgan fingerprint density at radius 1 is 1.21 bits per heavy atom. The molecule has 11 heteroatoms. The lowest BCUT2D eigenvalue weighted by Gasteiger charge is -2.49. The molecule has 4 heterocycles. The number of hydrogen-bond acceptors (Lipinski definition) is 6. The van der Waals surface area contributed by atoms with E-state index in [1.165, 1.54) is 11.8 Å². The molecule has 1 unspecified atom stereocenters. The molecule has 3 aliphatic rings. The SMILES string of the molecule is CSc1cc(C)[nH]c(=O)c1CNC(=O)c1c(C)n(C(C)C2CCC(N3CC(OC4CC(F)(F)C4)C3)CC2)c2ncccc12. The molecule has 43 heavy (non-hydrogen) atoms. The average Bonchev–Trinajstić information content (AvgIpc) is 3.24. The fraction of sp³-hybridized carbons (Fsp3) is 0.594. The number of pyridine rings is 2. The van der Waals surface area contributed by atoms with Crippen molar-refractivity contribution in [3.05, 3.63) is 57.3 Å². The molecule has 2 saturated carbocycles. The Labute approximate surface area is 255 Å². The summed E-state index contributed by atoms with van der Waals surface area (Å²) in [6.07, 6.45) is 7.55. The summed E-state index contributed by atoms with van der Waals surface area (Å²) in [5, 5.41) is 3.82. The van der Waals surface area contributed by atoms with E-state index in [1.807, 2.05) is 38.3 Å². The minimum absolute atomic E-state index is 0.0824. The molecule has 3 aromatic heterocycles. The van der Waals surface area contributed by atoms with Crippen LogP contribution >= 0.6 is 11.8 Å². The molecular formula is C32H41F2N5O3S. The fourth-order valence-electron chi connectivity index (χ4n) is 7.32. The van der Waals surface area contributed by atoms with Gasteiger partial charge in [-0.25, -0.2) is 13.8 Å². The van der Waals surface area contributed by atoms with Gasteiger partial charge in [-0.05, 0) is 76.8 Å². The first-order valence-corrected chi connectivity index (χ1v) is 16.5. The number of carbonyl (C=O) groups is 1. The molecule has 0 bridgehead atoms. The number of aromatic nitrogens is 3. The van der Waals surface area contributed by atoms with Crippen molar-refractivity contribution in [2.75, 3.05) is 19.3 Å². The van der Waals surface area contributed by atoms with E-state index in [0.29, 0.717) is 23.1 Å². The summed E-state index contributed by atoms with van der Waals surface area (Å²) in [7, 11) is 0. The maximum Gasteiger partial charge on any atom is 0.254 e. The highest BCUT2D eigenvalue weighted by Gasteiger charge is 2.48. The van der Waals surface area contributed by atoms with E-state index in [2.05, 4.69) is 26.7 Å². The number of amides is 1. The van der Waals surface area contributed by atoms with E-state index in [9.17, 15) is 18.4 Å². The molecule has 3 aromatic rings. The van der Waals surface area contributed by atoms with Crippen molar-refractivity contribution in [1.82, 2.24) is 24.8 Å². The molecule has 232 valence electrons. The van der Waals surface area contributed by atoms with E-state index in [0.717, 1.165) is 66.1 Å². The number of nitrogens with zero attached hydrogens (tertiary/aromatic N) is 3. The van der Waals surface area contributed by atoms with Gasteiger partial charge in [0.2, 0.25) is 0 Å². The monoisotopic (exact) mass is 613 g/mol. The number of rotatable bonds is 9. The van der Waals surface area contributed by atoms with Crippen LogP contribution in [0.2, 0.25) is 0 Å². The van der Waals surface area contributed by atoms with Crippen LogP contribution < -0.4 is 10.9 Å². The van der Waals surface area contributed by atoms with Crippen molar-refractivity contribution < 1.29 is 18.3 Å². The zero-order chi connectivity index (χ0) is 30.5. The zero-order valence-electron chi connectivity index (χ0n) is 25.3. The third kappa shape index (κ3) is 6.00. The summed E-state index contributed by atoms with van der Waals surface area (Å²) in [6, 6.07) is 6.40. The van der Waals surface area contributed by atoms with Gasteiger partial charge in [0.05, 0.1) is 17.8 Å². The van der Waals surface area contributed by atoms with Crippen molar-refractivity contribution in [2.45, 2.75) is 101 Å². The Morgan fingerprint density at radius 2 is 1.93 bits per heavy atom. The van der Waals surface area contributed by atoms with Crippen molar-refractivity contribution in [1.29, 1.82) is 0 Å². The Hall–Kier alpha value is -2.76. The highest BCUT2D eigenvalue weighted by atomic mass is 32.2. The van der Waals surface area contributed by atoms with Gasteiger partial charge in [-0.3, -0.25) is 14.5 Å². The molecule has 1 aliphatic heterocycles. The predicted molar refractivity (Wildman–Crippen MR) is 164 cm³/mol. The summed E-state index contributed by atoms with van der Waals surface area (Å²) >= 11 is 1.49. The van der Waals surface area contributed by atoms with Crippen molar-refractivity contribution in [2.24, 2.45) is 5.92 Å². The van der Waals surface area contributed by atoms with Gasteiger partial charge in [-0.2, -0.15) is 0 Å². The van der Waals surface area contributed by atoms with Crippen LogP contribution in [0, 0.1) is 19.8 Å². The number of thioether (sulfide) groups is 1. The molecule has 6 rings (SSSR count). The smallest absolute Gasteiger partial charge is 0.254 e. The second-order valence-electron chi connectivity index (χ2n) is 12.6. The predicted octanol–water partition coefficient (Wildman–Crippen LogP) is 5.61. The maximum atomic E-state index is 13.6. The van der Waals surface area contributed by atoms with Crippen molar-refractivity contribution in [3.8, 4) is 0 Å². The van der Waals surface area contributed by atoms with Gasteiger partial charge >= 0.3 is 0 Å². The first kappa shape index (κ1) is 30.3. The topological polar surface area (TPSA) is 92.2 Å².